The number of carbonyl (C=O) groups is 1. The first kappa shape index (κ1) is 24.6. The van der Waals surface area contributed by atoms with Gasteiger partial charge in [0.2, 0.25) is 0 Å². The van der Waals surface area contributed by atoms with Crippen LogP contribution in [0.25, 0.3) is 11.1 Å². The molecule has 0 saturated carbocycles. The van der Waals surface area contributed by atoms with Gasteiger partial charge in [-0.2, -0.15) is 0 Å². The van der Waals surface area contributed by atoms with Crippen molar-refractivity contribution in [1.29, 1.82) is 0 Å². The highest BCUT2D eigenvalue weighted by molar-refractivity contribution is 5.71. The number of benzene rings is 3. The largest absolute Gasteiger partial charge is 0.493 e. The number of aliphatic carboxylic acids is 1. The highest BCUT2D eigenvalue weighted by Crippen LogP contribution is 2.41. The number of fused-ring (bicyclic) bond motifs is 1. The molecule has 0 bridgehead atoms. The van der Waals surface area contributed by atoms with Gasteiger partial charge in [-0.15, -0.1) is 0 Å². The molecule has 1 aliphatic heterocycles. The standard InChI is InChI=1S/C30H34O5/c1-4-5-14-33-28-13-6-20(2)15-27(28)23-9-7-22(8-10-23)19-34-24-11-12-25-26(17-30(31)32)21(3)18-35-29(25)16-24/h6-13,15-16,21,26H,4-5,14,17-19H2,1-3H3,(H,31,32). The van der Waals surface area contributed by atoms with Crippen LogP contribution in [0, 0.1) is 12.8 Å². The fraction of sp³-hybridized carbons (Fsp3) is 0.367. The zero-order valence-electron chi connectivity index (χ0n) is 20.8. The van der Waals surface area contributed by atoms with Crippen molar-refractivity contribution in [2.24, 2.45) is 5.92 Å². The molecule has 3 aromatic rings. The van der Waals surface area contributed by atoms with Gasteiger partial charge in [0.05, 0.1) is 19.6 Å². The van der Waals surface area contributed by atoms with E-state index in [9.17, 15) is 9.90 Å². The van der Waals surface area contributed by atoms with Gasteiger partial charge in [-0.25, -0.2) is 0 Å². The third-order valence-corrected chi connectivity index (χ3v) is 6.53. The summed E-state index contributed by atoms with van der Waals surface area (Å²) in [6, 6.07) is 20.4. The van der Waals surface area contributed by atoms with Crippen molar-refractivity contribution in [1.82, 2.24) is 0 Å². The minimum Gasteiger partial charge on any atom is -0.493 e. The van der Waals surface area contributed by atoms with Crippen LogP contribution in [0.2, 0.25) is 0 Å². The summed E-state index contributed by atoms with van der Waals surface area (Å²) in [6.07, 6.45) is 2.25. The summed E-state index contributed by atoms with van der Waals surface area (Å²) in [5.74, 6) is 1.67. The third-order valence-electron chi connectivity index (χ3n) is 6.53. The molecule has 0 radical (unpaired) electrons. The average molecular weight is 475 g/mol. The second-order valence-electron chi connectivity index (χ2n) is 9.38. The first-order chi connectivity index (χ1) is 16.9. The molecule has 184 valence electrons. The minimum absolute atomic E-state index is 0.0460. The van der Waals surface area contributed by atoms with Gasteiger partial charge in [-0.05, 0) is 54.2 Å². The Hall–Kier alpha value is -3.47. The Morgan fingerprint density at radius 3 is 2.60 bits per heavy atom. The number of rotatable bonds is 10. The van der Waals surface area contributed by atoms with Crippen LogP contribution < -0.4 is 14.2 Å². The average Bonchev–Trinajstić information content (AvgIpc) is 2.85. The van der Waals surface area contributed by atoms with Gasteiger partial charge in [-0.1, -0.05) is 62.2 Å². The zero-order chi connectivity index (χ0) is 24.8. The summed E-state index contributed by atoms with van der Waals surface area (Å²) < 4.78 is 17.9. The zero-order valence-corrected chi connectivity index (χ0v) is 20.8. The van der Waals surface area contributed by atoms with Crippen LogP contribution >= 0.6 is 0 Å². The van der Waals surface area contributed by atoms with E-state index in [4.69, 9.17) is 14.2 Å². The lowest BCUT2D eigenvalue weighted by Gasteiger charge is -2.30. The van der Waals surface area contributed by atoms with Gasteiger partial charge < -0.3 is 19.3 Å². The Balaban J connectivity index is 1.43. The highest BCUT2D eigenvalue weighted by atomic mass is 16.5. The molecule has 0 saturated heterocycles. The van der Waals surface area contributed by atoms with E-state index >= 15 is 0 Å². The molecule has 0 fully saturated rings. The van der Waals surface area contributed by atoms with Crippen molar-refractivity contribution < 1.29 is 24.1 Å². The summed E-state index contributed by atoms with van der Waals surface area (Å²) >= 11 is 0. The Labute approximate surface area is 207 Å². The van der Waals surface area contributed by atoms with E-state index in [1.807, 2.05) is 25.1 Å². The van der Waals surface area contributed by atoms with Crippen molar-refractivity contribution in [3.05, 3.63) is 77.4 Å². The molecule has 35 heavy (non-hydrogen) atoms. The van der Waals surface area contributed by atoms with Gasteiger partial charge in [0.25, 0.3) is 0 Å². The fourth-order valence-electron chi connectivity index (χ4n) is 4.45. The van der Waals surface area contributed by atoms with Gasteiger partial charge in [-0.3, -0.25) is 4.79 Å². The number of hydrogen-bond donors (Lipinski definition) is 1. The number of carboxylic acid groups (broad SMARTS) is 1. The van der Waals surface area contributed by atoms with Crippen LogP contribution in [0.3, 0.4) is 0 Å². The fourth-order valence-corrected chi connectivity index (χ4v) is 4.45. The molecule has 0 aromatic heterocycles. The maximum absolute atomic E-state index is 11.3. The third kappa shape index (κ3) is 6.16. The summed E-state index contributed by atoms with van der Waals surface area (Å²) in [5, 5.41) is 9.27. The maximum Gasteiger partial charge on any atom is 0.303 e. The molecule has 5 nitrogen and oxygen atoms in total. The van der Waals surface area contributed by atoms with Gasteiger partial charge in [0, 0.05) is 17.5 Å². The Kier molecular flexibility index (Phi) is 7.96. The molecule has 1 heterocycles. The van der Waals surface area contributed by atoms with Gasteiger partial charge in [0.15, 0.2) is 0 Å². The van der Waals surface area contributed by atoms with E-state index < -0.39 is 5.97 Å². The molecule has 2 unspecified atom stereocenters. The van der Waals surface area contributed by atoms with Crippen LogP contribution in [0.15, 0.2) is 60.7 Å². The van der Waals surface area contributed by atoms with Crippen molar-refractivity contribution in [3.63, 3.8) is 0 Å². The number of unbranched alkanes of at least 4 members (excludes halogenated alkanes) is 1. The maximum atomic E-state index is 11.3. The van der Waals surface area contributed by atoms with E-state index in [0.29, 0.717) is 19.0 Å². The summed E-state index contributed by atoms with van der Waals surface area (Å²) in [7, 11) is 0. The molecule has 0 aliphatic carbocycles. The van der Waals surface area contributed by atoms with Crippen LogP contribution in [-0.2, 0) is 11.4 Å². The lowest BCUT2D eigenvalue weighted by atomic mass is 9.83. The smallest absolute Gasteiger partial charge is 0.303 e. The molecule has 5 heteroatoms. The molecular formula is C30H34O5. The summed E-state index contributed by atoms with van der Waals surface area (Å²) in [5.41, 5.74) is 5.42. The lowest BCUT2D eigenvalue weighted by Crippen LogP contribution is -2.25. The van der Waals surface area contributed by atoms with Gasteiger partial charge in [0.1, 0.15) is 23.9 Å². The lowest BCUT2D eigenvalue weighted by molar-refractivity contribution is -0.137. The first-order valence-corrected chi connectivity index (χ1v) is 12.4. The second-order valence-corrected chi connectivity index (χ2v) is 9.38. The Morgan fingerprint density at radius 1 is 1.06 bits per heavy atom. The van der Waals surface area contributed by atoms with Crippen LogP contribution in [0.1, 0.15) is 55.7 Å². The molecule has 4 rings (SSSR count). The molecule has 2 atom stereocenters. The van der Waals surface area contributed by atoms with Crippen LogP contribution in [0.4, 0.5) is 0 Å². The van der Waals surface area contributed by atoms with Crippen LogP contribution in [-0.4, -0.2) is 24.3 Å². The Bertz CT molecular complexity index is 1150. The SMILES string of the molecule is CCCCOc1ccc(C)cc1-c1ccc(COc2ccc3c(c2)OCC(C)C3CC(=O)O)cc1. The molecule has 1 N–H and O–H groups in total. The van der Waals surface area contributed by atoms with Crippen molar-refractivity contribution in [3.8, 4) is 28.4 Å². The predicted molar refractivity (Wildman–Crippen MR) is 137 cm³/mol. The normalized spacial score (nSPS) is 16.8. The van der Waals surface area contributed by atoms with Gasteiger partial charge >= 0.3 is 5.97 Å². The number of carboxylic acids is 1. The first-order valence-electron chi connectivity index (χ1n) is 12.4. The number of aryl methyl sites for hydroxylation is 1. The van der Waals surface area contributed by atoms with E-state index in [0.717, 1.165) is 53.2 Å². The summed E-state index contributed by atoms with van der Waals surface area (Å²) in [4.78, 5) is 11.3. The quantitative estimate of drug-likeness (QED) is 0.320. The van der Waals surface area contributed by atoms with E-state index in [2.05, 4.69) is 56.3 Å². The second kappa shape index (κ2) is 11.3. The highest BCUT2D eigenvalue weighted by Gasteiger charge is 2.30. The van der Waals surface area contributed by atoms with E-state index in [1.54, 1.807) is 0 Å². The predicted octanol–water partition coefficient (Wildman–Crippen LogP) is 7.01. The number of ether oxygens (including phenoxy) is 3. The Morgan fingerprint density at radius 2 is 1.86 bits per heavy atom. The van der Waals surface area contributed by atoms with E-state index in [-0.39, 0.29) is 18.3 Å². The molecule has 0 amide bonds. The van der Waals surface area contributed by atoms with E-state index in [1.165, 1.54) is 5.56 Å². The summed E-state index contributed by atoms with van der Waals surface area (Å²) in [6.45, 7) is 7.95. The molecular weight excluding hydrogens is 440 g/mol. The minimum atomic E-state index is -0.788. The van der Waals surface area contributed by atoms with Crippen molar-refractivity contribution in [2.75, 3.05) is 13.2 Å². The molecule has 0 spiro atoms. The molecule has 3 aromatic carbocycles. The van der Waals surface area contributed by atoms with Crippen molar-refractivity contribution in [2.45, 2.75) is 52.6 Å². The topological polar surface area (TPSA) is 65.0 Å². The number of hydrogen-bond acceptors (Lipinski definition) is 4. The monoisotopic (exact) mass is 474 g/mol. The van der Waals surface area contributed by atoms with Crippen molar-refractivity contribution >= 4 is 5.97 Å². The molecule has 1 aliphatic rings. The van der Waals surface area contributed by atoms with Crippen LogP contribution in [0.5, 0.6) is 17.2 Å².